The van der Waals surface area contributed by atoms with Crippen molar-refractivity contribution >= 4 is 17.3 Å². The minimum atomic E-state index is 0.481. The fraction of sp³-hybridized carbons (Fsp3) is 0.500. The van der Waals surface area contributed by atoms with Crippen LogP contribution >= 0.6 is 0 Å². The maximum absolute atomic E-state index is 8.77. The van der Waals surface area contributed by atoms with Crippen molar-refractivity contribution in [1.82, 2.24) is 14.4 Å². The Morgan fingerprint density at radius 1 is 1.45 bits per heavy atom. The zero-order valence-corrected chi connectivity index (χ0v) is 12.0. The second kappa shape index (κ2) is 6.75. The van der Waals surface area contributed by atoms with Crippen molar-refractivity contribution < 1.29 is 0 Å². The summed E-state index contributed by atoms with van der Waals surface area (Å²) in [4.78, 5) is 11.1. The largest absolute Gasteiger partial charge is 0.369 e. The molecule has 0 aromatic carbocycles. The number of hydrogen-bond acceptors (Lipinski definition) is 5. The number of rotatable bonds is 7. The van der Waals surface area contributed by atoms with Gasteiger partial charge in [-0.25, -0.2) is 9.97 Å². The Balaban J connectivity index is 2.37. The quantitative estimate of drug-likeness (QED) is 0.837. The van der Waals surface area contributed by atoms with E-state index in [1.165, 1.54) is 0 Å². The molecule has 0 amide bonds. The van der Waals surface area contributed by atoms with E-state index in [0.717, 1.165) is 36.8 Å². The first-order chi connectivity index (χ1) is 9.80. The second-order valence-electron chi connectivity index (χ2n) is 4.52. The first-order valence-corrected chi connectivity index (χ1v) is 6.99. The number of nitrogens with one attached hydrogen (secondary N) is 1. The van der Waals surface area contributed by atoms with Crippen molar-refractivity contribution in [2.75, 3.05) is 29.9 Å². The van der Waals surface area contributed by atoms with E-state index in [1.807, 2.05) is 16.8 Å². The van der Waals surface area contributed by atoms with Gasteiger partial charge in [0.2, 0.25) is 0 Å². The lowest BCUT2D eigenvalue weighted by Gasteiger charge is -2.22. The van der Waals surface area contributed by atoms with Crippen LogP contribution in [0.5, 0.6) is 0 Å². The number of hydrogen-bond donors (Lipinski definition) is 1. The third-order valence-corrected chi connectivity index (χ3v) is 3.09. The molecule has 0 spiro atoms. The molecule has 0 atom stereocenters. The highest BCUT2D eigenvalue weighted by Crippen LogP contribution is 2.20. The molecule has 20 heavy (non-hydrogen) atoms. The van der Waals surface area contributed by atoms with Crippen molar-refractivity contribution in [3.05, 3.63) is 18.6 Å². The molecule has 2 aromatic heterocycles. The van der Waals surface area contributed by atoms with Gasteiger partial charge < -0.3 is 14.6 Å². The average molecular weight is 272 g/mol. The van der Waals surface area contributed by atoms with Crippen molar-refractivity contribution in [2.24, 2.45) is 0 Å². The molecule has 1 N–H and O–H groups in total. The van der Waals surface area contributed by atoms with Gasteiger partial charge in [-0.2, -0.15) is 5.26 Å². The lowest BCUT2D eigenvalue weighted by Crippen LogP contribution is -2.26. The van der Waals surface area contributed by atoms with Crippen LogP contribution in [-0.2, 0) is 0 Å². The molecular weight excluding hydrogens is 252 g/mol. The van der Waals surface area contributed by atoms with Crippen LogP contribution in [0.3, 0.4) is 0 Å². The second-order valence-corrected chi connectivity index (χ2v) is 4.52. The van der Waals surface area contributed by atoms with Crippen LogP contribution in [0.4, 0.5) is 11.6 Å². The predicted molar refractivity (Wildman–Crippen MR) is 79.9 cm³/mol. The third-order valence-electron chi connectivity index (χ3n) is 3.09. The summed E-state index contributed by atoms with van der Waals surface area (Å²) in [7, 11) is 0. The summed E-state index contributed by atoms with van der Waals surface area (Å²) in [6.45, 7) is 6.53. The van der Waals surface area contributed by atoms with Gasteiger partial charge in [0.1, 0.15) is 5.82 Å². The van der Waals surface area contributed by atoms with Crippen LogP contribution in [0.25, 0.3) is 5.65 Å². The third kappa shape index (κ3) is 2.99. The highest BCUT2D eigenvalue weighted by molar-refractivity contribution is 5.66. The number of aromatic nitrogens is 3. The van der Waals surface area contributed by atoms with Crippen LogP contribution in [0.15, 0.2) is 18.6 Å². The van der Waals surface area contributed by atoms with Crippen molar-refractivity contribution in [2.45, 2.75) is 26.7 Å². The van der Waals surface area contributed by atoms with Gasteiger partial charge in [0.25, 0.3) is 0 Å². The van der Waals surface area contributed by atoms with Gasteiger partial charge in [0, 0.05) is 32.0 Å². The molecule has 6 heteroatoms. The molecule has 0 fully saturated rings. The summed E-state index contributed by atoms with van der Waals surface area (Å²) in [6.07, 6.45) is 7.15. The molecule has 2 rings (SSSR count). The molecule has 0 bridgehead atoms. The van der Waals surface area contributed by atoms with E-state index < -0.39 is 0 Å². The Kier molecular flexibility index (Phi) is 4.77. The first-order valence-electron chi connectivity index (χ1n) is 6.99. The Morgan fingerprint density at radius 3 is 3.00 bits per heavy atom. The minimum absolute atomic E-state index is 0.481. The molecule has 0 aliphatic heterocycles. The lowest BCUT2D eigenvalue weighted by molar-refractivity contribution is 0.808. The molecule has 2 aromatic rings. The fourth-order valence-electron chi connectivity index (χ4n) is 2.06. The van der Waals surface area contributed by atoms with Crippen LogP contribution < -0.4 is 10.2 Å². The Hall–Kier alpha value is -2.29. The number of imidazole rings is 1. The molecule has 0 saturated heterocycles. The van der Waals surface area contributed by atoms with Crippen LogP contribution in [0.1, 0.15) is 26.7 Å². The molecule has 0 radical (unpaired) electrons. The first kappa shape index (κ1) is 14.1. The maximum Gasteiger partial charge on any atom is 0.180 e. The number of fused-ring (bicyclic) bond motifs is 1. The molecule has 0 aliphatic carbocycles. The van der Waals surface area contributed by atoms with E-state index in [-0.39, 0.29) is 0 Å². The zero-order valence-electron chi connectivity index (χ0n) is 12.0. The highest BCUT2D eigenvalue weighted by atomic mass is 15.2. The average Bonchev–Trinajstić information content (AvgIpc) is 2.94. The monoisotopic (exact) mass is 272 g/mol. The minimum Gasteiger partial charge on any atom is -0.369 e. The Bertz CT molecular complexity index is 597. The van der Waals surface area contributed by atoms with E-state index in [9.17, 15) is 0 Å². The van der Waals surface area contributed by atoms with Gasteiger partial charge in [0.05, 0.1) is 18.7 Å². The summed E-state index contributed by atoms with van der Waals surface area (Å²) < 4.78 is 1.97. The van der Waals surface area contributed by atoms with Crippen LogP contribution in [0.2, 0.25) is 0 Å². The van der Waals surface area contributed by atoms with Gasteiger partial charge >= 0.3 is 0 Å². The summed E-state index contributed by atoms with van der Waals surface area (Å²) in [5.41, 5.74) is 0.826. The summed E-state index contributed by atoms with van der Waals surface area (Å²) in [5, 5.41) is 12.1. The lowest BCUT2D eigenvalue weighted by atomic mass is 10.4. The highest BCUT2D eigenvalue weighted by Gasteiger charge is 2.13. The number of anilines is 2. The smallest absolute Gasteiger partial charge is 0.180 e. The van der Waals surface area contributed by atoms with E-state index in [2.05, 4.69) is 40.1 Å². The maximum atomic E-state index is 8.77. The molecular formula is C14H20N6. The van der Waals surface area contributed by atoms with Crippen LogP contribution in [0, 0.1) is 11.3 Å². The molecule has 0 unspecified atom stereocenters. The molecule has 106 valence electrons. The van der Waals surface area contributed by atoms with E-state index >= 15 is 0 Å². The zero-order chi connectivity index (χ0) is 14.4. The van der Waals surface area contributed by atoms with Crippen LogP contribution in [-0.4, -0.2) is 34.0 Å². The number of nitrogens with zero attached hydrogens (tertiary/aromatic N) is 5. The normalized spacial score (nSPS) is 10.4. The summed E-state index contributed by atoms with van der Waals surface area (Å²) in [5.74, 6) is 1.66. The topological polar surface area (TPSA) is 69.2 Å². The van der Waals surface area contributed by atoms with Crippen molar-refractivity contribution in [1.29, 1.82) is 5.26 Å². The van der Waals surface area contributed by atoms with Gasteiger partial charge in [-0.3, -0.25) is 0 Å². The predicted octanol–water partition coefficient (Wildman–Crippen LogP) is 2.29. The van der Waals surface area contributed by atoms with E-state index in [1.54, 1.807) is 6.20 Å². The summed E-state index contributed by atoms with van der Waals surface area (Å²) in [6, 6.07) is 2.18. The van der Waals surface area contributed by atoms with Gasteiger partial charge in [0.15, 0.2) is 11.5 Å². The van der Waals surface area contributed by atoms with Crippen molar-refractivity contribution in [3.8, 4) is 6.07 Å². The van der Waals surface area contributed by atoms with Gasteiger partial charge in [-0.05, 0) is 13.3 Å². The van der Waals surface area contributed by atoms with Gasteiger partial charge in [-0.15, -0.1) is 0 Å². The van der Waals surface area contributed by atoms with Gasteiger partial charge in [-0.1, -0.05) is 6.92 Å². The fourth-order valence-corrected chi connectivity index (χ4v) is 2.06. The van der Waals surface area contributed by atoms with Crippen molar-refractivity contribution in [3.63, 3.8) is 0 Å². The molecule has 0 aliphatic rings. The van der Waals surface area contributed by atoms with E-state index in [4.69, 9.17) is 5.26 Å². The summed E-state index contributed by atoms with van der Waals surface area (Å²) >= 11 is 0. The molecule has 6 nitrogen and oxygen atoms in total. The Morgan fingerprint density at radius 2 is 2.30 bits per heavy atom. The molecule has 2 heterocycles. The molecule has 0 saturated carbocycles. The SMILES string of the molecule is CCCNc1cn2ccnc2c(N(CC)CCC#N)n1. The number of nitriles is 1. The van der Waals surface area contributed by atoms with E-state index in [0.29, 0.717) is 13.0 Å². The standard InChI is InChI=1S/C14H20N6/c1-3-7-16-12-11-20-10-8-17-13(20)14(18-12)19(4-2)9-5-6-15/h8,10-11,16H,3-5,7,9H2,1-2H3. The Labute approximate surface area is 119 Å².